The van der Waals surface area contributed by atoms with Gasteiger partial charge in [-0.1, -0.05) is 66.7 Å². The molecule has 4 aromatic rings. The molecule has 0 radical (unpaired) electrons. The number of likely N-dealkylation sites (tertiary alicyclic amines) is 1. The van der Waals surface area contributed by atoms with E-state index in [9.17, 15) is 34.2 Å². The highest BCUT2D eigenvalue weighted by Crippen LogP contribution is 2.48. The number of pyridine rings is 1. The summed E-state index contributed by atoms with van der Waals surface area (Å²) in [5.41, 5.74) is 1.19. The van der Waals surface area contributed by atoms with Crippen LogP contribution < -0.4 is 16.2 Å². The summed E-state index contributed by atoms with van der Waals surface area (Å²) in [7, 11) is 1.59. The molecule has 11 nitrogen and oxygen atoms in total. The van der Waals surface area contributed by atoms with E-state index in [1.165, 1.54) is 22.8 Å². The number of aryl methyl sites for hydroxylation is 1. The van der Waals surface area contributed by atoms with Crippen molar-refractivity contribution in [2.24, 2.45) is 7.05 Å². The molecule has 2 heterocycles. The predicted molar refractivity (Wildman–Crippen MR) is 186 cm³/mol. The number of aromatic hydroxyl groups is 1. The van der Waals surface area contributed by atoms with Crippen LogP contribution in [0.2, 0.25) is 0 Å². The Hall–Kier alpha value is -5.71. The van der Waals surface area contributed by atoms with E-state index in [4.69, 9.17) is 0 Å². The molecule has 2 aliphatic rings. The van der Waals surface area contributed by atoms with Crippen molar-refractivity contribution in [3.05, 3.63) is 135 Å². The van der Waals surface area contributed by atoms with Crippen molar-refractivity contribution < 1.29 is 29.4 Å². The number of hydrogen-bond acceptors (Lipinski definition) is 6. The number of nitrogens with one attached hydrogen (secondary N) is 2. The van der Waals surface area contributed by atoms with Crippen molar-refractivity contribution in [1.29, 1.82) is 0 Å². The van der Waals surface area contributed by atoms with Gasteiger partial charge < -0.3 is 30.3 Å². The minimum absolute atomic E-state index is 0.0212. The van der Waals surface area contributed by atoms with Gasteiger partial charge in [-0.3, -0.25) is 19.2 Å². The van der Waals surface area contributed by atoms with Gasteiger partial charge in [0.15, 0.2) is 0 Å². The summed E-state index contributed by atoms with van der Waals surface area (Å²) in [6.45, 7) is 0.855. The SMILES string of the molecule is Cn1cccc(C(=O)NC2CCN(C(=O)[C@H]3CC[C@@](C(=O)N[C@@H](Cc4ccc(O)cc4)C(=O)O)(c4ccccc4)c4ccccc43)CC2)c1=O. The van der Waals surface area contributed by atoms with Crippen molar-refractivity contribution in [1.82, 2.24) is 20.1 Å². The summed E-state index contributed by atoms with van der Waals surface area (Å²) in [5, 5.41) is 25.6. The van der Waals surface area contributed by atoms with E-state index in [1.807, 2.05) is 54.6 Å². The molecule has 50 heavy (non-hydrogen) atoms. The quantitative estimate of drug-likeness (QED) is 0.211. The van der Waals surface area contributed by atoms with E-state index in [0.29, 0.717) is 49.0 Å². The van der Waals surface area contributed by atoms with E-state index in [0.717, 1.165) is 5.56 Å². The summed E-state index contributed by atoms with van der Waals surface area (Å²) in [5.74, 6) is -2.59. The zero-order chi connectivity index (χ0) is 35.4. The Bertz CT molecular complexity index is 1950. The summed E-state index contributed by atoms with van der Waals surface area (Å²) in [4.78, 5) is 68.2. The number of hydrogen-bond donors (Lipinski definition) is 4. The number of phenolic OH excluding ortho intramolecular Hbond substituents is 1. The van der Waals surface area contributed by atoms with Gasteiger partial charge in [0.25, 0.3) is 11.5 Å². The van der Waals surface area contributed by atoms with E-state index < -0.39 is 35.2 Å². The van der Waals surface area contributed by atoms with Gasteiger partial charge in [0, 0.05) is 38.8 Å². The number of aromatic nitrogens is 1. The first-order chi connectivity index (χ1) is 24.1. The molecule has 1 saturated heterocycles. The molecule has 1 fully saturated rings. The van der Waals surface area contributed by atoms with Crippen LogP contribution in [-0.2, 0) is 33.3 Å². The summed E-state index contributed by atoms with van der Waals surface area (Å²) >= 11 is 0. The molecule has 3 amide bonds. The van der Waals surface area contributed by atoms with E-state index in [2.05, 4.69) is 10.6 Å². The highest BCUT2D eigenvalue weighted by atomic mass is 16.4. The third-order valence-electron chi connectivity index (χ3n) is 10.0. The van der Waals surface area contributed by atoms with Gasteiger partial charge in [0.2, 0.25) is 11.8 Å². The topological polar surface area (TPSA) is 158 Å². The third-order valence-corrected chi connectivity index (χ3v) is 10.0. The minimum Gasteiger partial charge on any atom is -0.508 e. The number of carbonyl (C=O) groups excluding carboxylic acids is 3. The standard InChI is InChI=1S/C39H40N4O7/c1-42-21-7-11-31(35(42)46)34(45)40-27-18-22-43(23-19-27)36(47)30-17-20-39(26-8-3-2-4-9-26,32-12-6-5-10-29(30)32)38(50)41-33(37(48)49)24-25-13-15-28(44)16-14-25/h2-16,21,27,30,33,44H,17-20,22-24H2,1H3,(H,40,45)(H,41,50)(H,48,49)/t30-,33-,39+/m0/s1. The molecule has 1 aromatic heterocycles. The van der Waals surface area contributed by atoms with Crippen LogP contribution in [0.4, 0.5) is 0 Å². The normalized spacial score (nSPS) is 19.5. The number of fused-ring (bicyclic) bond motifs is 1. The molecule has 6 rings (SSSR count). The van der Waals surface area contributed by atoms with Crippen LogP contribution in [-0.4, -0.2) is 68.5 Å². The van der Waals surface area contributed by atoms with E-state index >= 15 is 0 Å². The number of carbonyl (C=O) groups is 4. The van der Waals surface area contributed by atoms with Crippen LogP contribution in [0.5, 0.6) is 5.75 Å². The lowest BCUT2D eigenvalue weighted by Crippen LogP contribution is -2.54. The fraction of sp³-hybridized carbons (Fsp3) is 0.308. The van der Waals surface area contributed by atoms with Gasteiger partial charge in [-0.05, 0) is 72.2 Å². The fourth-order valence-corrected chi connectivity index (χ4v) is 7.33. The van der Waals surface area contributed by atoms with Crippen LogP contribution in [0.15, 0.2) is 102 Å². The third kappa shape index (κ3) is 6.76. The second-order valence-corrected chi connectivity index (χ2v) is 13.1. The Morgan fingerprint density at radius 1 is 0.880 bits per heavy atom. The average Bonchev–Trinajstić information content (AvgIpc) is 3.13. The molecule has 0 unspecified atom stereocenters. The lowest BCUT2D eigenvalue weighted by atomic mass is 9.62. The van der Waals surface area contributed by atoms with Gasteiger partial charge in [0.1, 0.15) is 17.4 Å². The van der Waals surface area contributed by atoms with Gasteiger partial charge in [0.05, 0.1) is 11.3 Å². The molecular formula is C39H40N4O7. The fourth-order valence-electron chi connectivity index (χ4n) is 7.33. The number of benzene rings is 3. The highest BCUT2D eigenvalue weighted by molar-refractivity contribution is 5.97. The van der Waals surface area contributed by atoms with Crippen LogP contribution in [0.3, 0.4) is 0 Å². The number of carboxylic acids is 1. The highest BCUT2D eigenvalue weighted by Gasteiger charge is 2.49. The second-order valence-electron chi connectivity index (χ2n) is 13.1. The lowest BCUT2D eigenvalue weighted by Gasteiger charge is -2.43. The van der Waals surface area contributed by atoms with Crippen molar-refractivity contribution in [3.8, 4) is 5.75 Å². The number of phenols is 1. The Morgan fingerprint density at radius 3 is 2.26 bits per heavy atom. The minimum atomic E-state index is -1.25. The molecule has 3 atom stereocenters. The molecule has 1 aliphatic carbocycles. The number of piperidine rings is 1. The van der Waals surface area contributed by atoms with Crippen LogP contribution in [0, 0.1) is 0 Å². The largest absolute Gasteiger partial charge is 0.508 e. The molecule has 0 spiro atoms. The number of amides is 3. The Kier molecular flexibility index (Phi) is 9.85. The number of rotatable bonds is 9. The molecule has 4 N–H and O–H groups in total. The molecule has 1 aliphatic heterocycles. The van der Waals surface area contributed by atoms with Crippen LogP contribution >= 0.6 is 0 Å². The Labute approximate surface area is 289 Å². The van der Waals surface area contributed by atoms with Gasteiger partial charge in [-0.2, -0.15) is 0 Å². The first-order valence-electron chi connectivity index (χ1n) is 16.8. The monoisotopic (exact) mass is 676 g/mol. The maximum atomic E-state index is 14.5. The first-order valence-corrected chi connectivity index (χ1v) is 16.8. The summed E-state index contributed by atoms with van der Waals surface area (Å²) in [6, 6.07) is 24.6. The van der Waals surface area contributed by atoms with Crippen LogP contribution in [0.25, 0.3) is 0 Å². The molecule has 0 bridgehead atoms. The smallest absolute Gasteiger partial charge is 0.326 e. The predicted octanol–water partition coefficient (Wildman–Crippen LogP) is 3.49. The summed E-state index contributed by atoms with van der Waals surface area (Å²) < 4.78 is 1.36. The average molecular weight is 677 g/mol. The number of aliphatic carboxylic acids is 1. The first kappa shape index (κ1) is 34.2. The molecule has 258 valence electrons. The maximum absolute atomic E-state index is 14.5. The number of carboxylic acid groups (broad SMARTS) is 1. The van der Waals surface area contributed by atoms with Gasteiger partial charge in [-0.15, -0.1) is 0 Å². The Balaban J connectivity index is 1.22. The second kappa shape index (κ2) is 14.4. The lowest BCUT2D eigenvalue weighted by molar-refractivity contribution is -0.142. The van der Waals surface area contributed by atoms with Crippen molar-refractivity contribution >= 4 is 23.7 Å². The van der Waals surface area contributed by atoms with Gasteiger partial charge >= 0.3 is 5.97 Å². The molecule has 11 heteroatoms. The van der Waals surface area contributed by atoms with Crippen molar-refractivity contribution in [2.45, 2.75) is 55.5 Å². The number of nitrogens with zero attached hydrogens (tertiary/aromatic N) is 2. The molecular weight excluding hydrogens is 636 g/mol. The van der Waals surface area contributed by atoms with Gasteiger partial charge in [-0.25, -0.2) is 4.79 Å². The van der Waals surface area contributed by atoms with E-state index in [1.54, 1.807) is 36.3 Å². The summed E-state index contributed by atoms with van der Waals surface area (Å²) in [6.07, 6.45) is 3.32. The van der Waals surface area contributed by atoms with Crippen LogP contribution in [0.1, 0.15) is 64.2 Å². The molecule has 3 aromatic carbocycles. The molecule has 0 saturated carbocycles. The Morgan fingerprint density at radius 2 is 1.56 bits per heavy atom. The zero-order valence-corrected chi connectivity index (χ0v) is 27.7. The maximum Gasteiger partial charge on any atom is 0.326 e. The van der Waals surface area contributed by atoms with Crippen molar-refractivity contribution in [2.75, 3.05) is 13.1 Å². The van der Waals surface area contributed by atoms with Crippen molar-refractivity contribution in [3.63, 3.8) is 0 Å². The zero-order valence-electron chi connectivity index (χ0n) is 27.7. The van der Waals surface area contributed by atoms with E-state index in [-0.39, 0.29) is 41.7 Å².